The smallest absolute Gasteiger partial charge is 0.249 e. The number of allylic oxidation sites excluding steroid dienone is 1. The summed E-state index contributed by atoms with van der Waals surface area (Å²) in [5.74, 6) is 0.904. The van der Waals surface area contributed by atoms with Crippen LogP contribution in [0.1, 0.15) is 18.2 Å². The molecule has 0 saturated heterocycles. The van der Waals surface area contributed by atoms with Crippen LogP contribution < -0.4 is 10.1 Å². The Balaban J connectivity index is 1.71. The first-order chi connectivity index (χ1) is 14.9. The topological polar surface area (TPSA) is 64.4 Å². The Morgan fingerprint density at radius 3 is 2.65 bits per heavy atom. The zero-order valence-corrected chi connectivity index (χ0v) is 19.0. The zero-order valence-electron chi connectivity index (χ0n) is 17.4. The number of hydrogen-bond donors (Lipinski definition) is 1. The molecule has 4 rings (SSSR count). The minimum atomic E-state index is -0.252. The molecule has 156 valence electrons. The molecule has 1 N–H and O–H groups in total. The molecule has 0 aliphatic carbocycles. The average Bonchev–Trinajstić information content (AvgIpc) is 3.16. The third kappa shape index (κ3) is 4.54. The van der Waals surface area contributed by atoms with E-state index in [0.29, 0.717) is 11.6 Å². The Kier molecular flexibility index (Phi) is 5.91. The Morgan fingerprint density at radius 1 is 1.16 bits per heavy atom. The Bertz CT molecular complexity index is 1290. The van der Waals surface area contributed by atoms with Gasteiger partial charge in [0, 0.05) is 38.8 Å². The number of rotatable bonds is 5. The normalized spacial score (nSPS) is 11.5. The highest BCUT2D eigenvalue weighted by Crippen LogP contribution is 2.37. The minimum Gasteiger partial charge on any atom is -0.496 e. The molecular weight excluding hydrogens is 456 g/mol. The molecule has 0 bridgehead atoms. The first-order valence-corrected chi connectivity index (χ1v) is 10.5. The number of amides is 1. The molecule has 0 radical (unpaired) electrons. The largest absolute Gasteiger partial charge is 0.496 e. The second-order valence-electron chi connectivity index (χ2n) is 7.19. The van der Waals surface area contributed by atoms with Crippen molar-refractivity contribution in [1.29, 1.82) is 0 Å². The summed E-state index contributed by atoms with van der Waals surface area (Å²) >= 11 is 3.47. The Morgan fingerprint density at radius 2 is 1.94 bits per heavy atom. The number of hydrogen-bond acceptors (Lipinski definition) is 4. The van der Waals surface area contributed by atoms with Gasteiger partial charge in [-0.3, -0.25) is 4.79 Å². The van der Waals surface area contributed by atoms with Crippen LogP contribution in [0.15, 0.2) is 75.8 Å². The monoisotopic (exact) mass is 476 g/mol. The third-order valence-corrected chi connectivity index (χ3v) is 5.49. The summed E-state index contributed by atoms with van der Waals surface area (Å²) in [6.07, 6.45) is 3.29. The highest BCUT2D eigenvalue weighted by molar-refractivity contribution is 9.10. The molecule has 0 atom stereocenters. The number of methoxy groups -OCH3 is 1. The van der Waals surface area contributed by atoms with Gasteiger partial charge in [-0.1, -0.05) is 34.1 Å². The molecule has 0 saturated carbocycles. The first kappa shape index (κ1) is 20.9. The number of fused-ring (bicyclic) bond motifs is 1. The number of benzene rings is 2. The first-order valence-electron chi connectivity index (χ1n) is 9.73. The van der Waals surface area contributed by atoms with Crippen LogP contribution in [0.2, 0.25) is 0 Å². The zero-order chi connectivity index (χ0) is 22.0. The van der Waals surface area contributed by atoms with Crippen molar-refractivity contribution in [3.05, 3.63) is 82.7 Å². The van der Waals surface area contributed by atoms with E-state index in [1.807, 2.05) is 62.4 Å². The lowest BCUT2D eigenvalue weighted by molar-refractivity contribution is -0.111. The van der Waals surface area contributed by atoms with Gasteiger partial charge in [-0.2, -0.15) is 0 Å². The summed E-state index contributed by atoms with van der Waals surface area (Å²) < 4.78 is 12.4. The lowest BCUT2D eigenvalue weighted by atomic mass is 9.99. The van der Waals surface area contributed by atoms with Gasteiger partial charge >= 0.3 is 0 Å². The van der Waals surface area contributed by atoms with Gasteiger partial charge in [-0.05, 0) is 55.3 Å². The average molecular weight is 477 g/mol. The summed E-state index contributed by atoms with van der Waals surface area (Å²) in [7, 11) is 1.60. The maximum Gasteiger partial charge on any atom is 0.249 e. The molecular formula is C25H21BrN2O3. The number of furan rings is 1. The molecule has 31 heavy (non-hydrogen) atoms. The van der Waals surface area contributed by atoms with E-state index in [0.717, 1.165) is 43.4 Å². The van der Waals surface area contributed by atoms with Crippen molar-refractivity contribution in [3.63, 3.8) is 0 Å². The fraction of sp³-hybridized carbons (Fsp3) is 0.120. The highest BCUT2D eigenvalue weighted by Gasteiger charge is 2.15. The molecule has 2 aromatic heterocycles. The van der Waals surface area contributed by atoms with E-state index < -0.39 is 0 Å². The molecule has 6 heteroatoms. The third-order valence-electron chi connectivity index (χ3n) is 4.96. The van der Waals surface area contributed by atoms with Crippen LogP contribution in [-0.2, 0) is 4.79 Å². The number of aryl methyl sites for hydroxylation is 1. The molecule has 0 aliphatic heterocycles. The van der Waals surface area contributed by atoms with Crippen molar-refractivity contribution in [3.8, 4) is 16.9 Å². The van der Waals surface area contributed by atoms with Crippen LogP contribution in [0.4, 0.5) is 5.82 Å². The van der Waals surface area contributed by atoms with E-state index >= 15 is 0 Å². The van der Waals surface area contributed by atoms with Gasteiger partial charge in [0.25, 0.3) is 0 Å². The van der Waals surface area contributed by atoms with Crippen molar-refractivity contribution in [2.45, 2.75) is 13.8 Å². The summed E-state index contributed by atoms with van der Waals surface area (Å²) in [4.78, 5) is 16.9. The summed E-state index contributed by atoms with van der Waals surface area (Å²) in [5.41, 5.74) is 5.18. The van der Waals surface area contributed by atoms with Gasteiger partial charge in [0.1, 0.15) is 17.2 Å². The predicted octanol–water partition coefficient (Wildman–Crippen LogP) is 6.62. The lowest BCUT2D eigenvalue weighted by Gasteiger charge is -2.10. The Labute approximate surface area is 188 Å². The maximum absolute atomic E-state index is 12.5. The number of nitrogens with zero attached hydrogens (tertiary/aromatic N) is 1. The standard InChI is InChI=1S/C25H21BrN2O3/c1-15(11-25(29)28-24-6-4-5-16(2)27-24)19-12-20-21(17-7-9-18(26)10-8-17)14-31-23(20)13-22(19)30-3/h4-14H,1-3H3,(H,27,28,29)/b15-11+. The van der Waals surface area contributed by atoms with Gasteiger partial charge in [0.2, 0.25) is 5.91 Å². The van der Waals surface area contributed by atoms with Crippen LogP contribution >= 0.6 is 15.9 Å². The number of carbonyl (C=O) groups excluding carboxylic acids is 1. The van der Waals surface area contributed by atoms with E-state index in [2.05, 4.69) is 26.2 Å². The van der Waals surface area contributed by atoms with Crippen molar-refractivity contribution < 1.29 is 13.9 Å². The van der Waals surface area contributed by atoms with Crippen molar-refractivity contribution in [2.24, 2.45) is 0 Å². The fourth-order valence-corrected chi connectivity index (χ4v) is 3.70. The van der Waals surface area contributed by atoms with Gasteiger partial charge in [0.15, 0.2) is 0 Å². The molecule has 1 amide bonds. The second kappa shape index (κ2) is 8.78. The van der Waals surface area contributed by atoms with Crippen LogP contribution in [-0.4, -0.2) is 18.0 Å². The number of ether oxygens (including phenoxy) is 1. The number of pyridine rings is 1. The molecule has 0 fully saturated rings. The van der Waals surface area contributed by atoms with Gasteiger partial charge < -0.3 is 14.5 Å². The van der Waals surface area contributed by atoms with Crippen LogP contribution in [0, 0.1) is 6.92 Å². The molecule has 5 nitrogen and oxygen atoms in total. The molecule has 0 unspecified atom stereocenters. The van der Waals surface area contributed by atoms with Crippen LogP contribution in [0.5, 0.6) is 5.75 Å². The van der Waals surface area contributed by atoms with E-state index in [4.69, 9.17) is 9.15 Å². The minimum absolute atomic E-state index is 0.252. The molecule has 4 aromatic rings. The predicted molar refractivity (Wildman–Crippen MR) is 127 cm³/mol. The van der Waals surface area contributed by atoms with E-state index in [-0.39, 0.29) is 5.91 Å². The fourth-order valence-electron chi connectivity index (χ4n) is 3.43. The molecule has 2 heterocycles. The Hall–Kier alpha value is -3.38. The van der Waals surface area contributed by atoms with Gasteiger partial charge in [-0.15, -0.1) is 0 Å². The van der Waals surface area contributed by atoms with Crippen molar-refractivity contribution in [2.75, 3.05) is 12.4 Å². The SMILES string of the molecule is COc1cc2occ(-c3ccc(Br)cc3)c2cc1/C(C)=C/C(=O)Nc1cccc(C)n1. The summed E-state index contributed by atoms with van der Waals surface area (Å²) in [5, 5.41) is 3.76. The van der Waals surface area contributed by atoms with Crippen LogP contribution in [0.25, 0.3) is 27.7 Å². The summed E-state index contributed by atoms with van der Waals surface area (Å²) in [6.45, 7) is 3.76. The molecule has 2 aromatic carbocycles. The van der Waals surface area contributed by atoms with Crippen LogP contribution in [0.3, 0.4) is 0 Å². The molecule has 0 aliphatic rings. The van der Waals surface area contributed by atoms with E-state index in [1.165, 1.54) is 0 Å². The van der Waals surface area contributed by atoms with Crippen molar-refractivity contribution >= 4 is 44.2 Å². The van der Waals surface area contributed by atoms with E-state index in [9.17, 15) is 4.79 Å². The number of halogens is 1. The quantitative estimate of drug-likeness (QED) is 0.328. The van der Waals surface area contributed by atoms with Crippen molar-refractivity contribution in [1.82, 2.24) is 4.98 Å². The van der Waals surface area contributed by atoms with Gasteiger partial charge in [-0.25, -0.2) is 4.98 Å². The second-order valence-corrected chi connectivity index (χ2v) is 8.10. The van der Waals surface area contributed by atoms with E-state index in [1.54, 1.807) is 25.5 Å². The summed E-state index contributed by atoms with van der Waals surface area (Å²) in [6, 6.07) is 17.4. The van der Waals surface area contributed by atoms with Gasteiger partial charge in [0.05, 0.1) is 13.4 Å². The highest BCUT2D eigenvalue weighted by atomic mass is 79.9. The maximum atomic E-state index is 12.5. The number of carbonyl (C=O) groups is 1. The number of nitrogens with one attached hydrogen (secondary N) is 1. The lowest BCUT2D eigenvalue weighted by Crippen LogP contribution is -2.10. The number of anilines is 1. The number of aromatic nitrogens is 1. The molecule has 0 spiro atoms.